The number of rotatable bonds is 9. The molecule has 7 nitrogen and oxygen atoms in total. The van der Waals surface area contributed by atoms with Crippen molar-refractivity contribution < 1.29 is 14.2 Å². The smallest absolute Gasteiger partial charge is 0.282 e. The van der Waals surface area contributed by atoms with E-state index in [1.165, 1.54) is 0 Å². The molecule has 0 saturated carbocycles. The van der Waals surface area contributed by atoms with Gasteiger partial charge in [-0.3, -0.25) is 4.79 Å². The molecule has 39 heavy (non-hydrogen) atoms. The summed E-state index contributed by atoms with van der Waals surface area (Å²) in [6.45, 7) is 11.2. The van der Waals surface area contributed by atoms with Gasteiger partial charge in [-0.1, -0.05) is 68.2 Å². The number of aromatic nitrogens is 3. The average molecular weight is 544 g/mol. The lowest BCUT2D eigenvalue weighted by molar-refractivity contribution is 0.0877. The van der Waals surface area contributed by atoms with Crippen LogP contribution < -0.4 is 10.3 Å². The molecule has 0 saturated heterocycles. The molecule has 1 aliphatic heterocycles. The van der Waals surface area contributed by atoms with Gasteiger partial charge in [0.15, 0.2) is 0 Å². The molecule has 0 spiro atoms. The van der Waals surface area contributed by atoms with Crippen LogP contribution in [0.4, 0.5) is 0 Å². The highest BCUT2D eigenvalue weighted by molar-refractivity contribution is 6.76. The molecular formula is C31H37N3O4Si. The monoisotopic (exact) mass is 543 g/mol. The summed E-state index contributed by atoms with van der Waals surface area (Å²) in [6, 6.07) is 18.8. The van der Waals surface area contributed by atoms with E-state index in [2.05, 4.69) is 30.3 Å². The highest BCUT2D eigenvalue weighted by atomic mass is 28.3. The molecule has 0 radical (unpaired) electrons. The summed E-state index contributed by atoms with van der Waals surface area (Å²) >= 11 is 0. The summed E-state index contributed by atoms with van der Waals surface area (Å²) < 4.78 is 21.0. The van der Waals surface area contributed by atoms with Crippen LogP contribution in [0.15, 0.2) is 65.5 Å². The van der Waals surface area contributed by atoms with E-state index in [9.17, 15) is 4.79 Å². The van der Waals surface area contributed by atoms with Crippen molar-refractivity contribution in [3.8, 4) is 28.1 Å². The normalized spacial score (nSPS) is 14.0. The van der Waals surface area contributed by atoms with Gasteiger partial charge in [0.2, 0.25) is 0 Å². The van der Waals surface area contributed by atoms with E-state index in [0.717, 1.165) is 57.5 Å². The van der Waals surface area contributed by atoms with Crippen LogP contribution in [0.25, 0.3) is 33.6 Å². The second-order valence-electron chi connectivity index (χ2n) is 11.1. The van der Waals surface area contributed by atoms with Gasteiger partial charge in [-0.05, 0) is 42.7 Å². The Balaban J connectivity index is 1.77. The van der Waals surface area contributed by atoms with Crippen LogP contribution in [0.2, 0.25) is 25.7 Å². The van der Waals surface area contributed by atoms with Crippen molar-refractivity contribution in [3.05, 3.63) is 82.3 Å². The summed E-state index contributed by atoms with van der Waals surface area (Å²) in [4.78, 5) is 14.2. The van der Waals surface area contributed by atoms with Crippen molar-refractivity contribution in [3.63, 3.8) is 0 Å². The first-order chi connectivity index (χ1) is 18.8. The number of benzene rings is 2. The molecule has 5 rings (SSSR count). The molecule has 2 aromatic heterocycles. The number of methoxy groups -OCH3 is 1. The summed E-state index contributed by atoms with van der Waals surface area (Å²) in [7, 11) is 0.379. The number of fused-ring (bicyclic) bond motifs is 1. The molecule has 0 N–H and O–H groups in total. The largest absolute Gasteiger partial charge is 0.497 e. The van der Waals surface area contributed by atoms with Crippen LogP contribution in [0.3, 0.4) is 0 Å². The summed E-state index contributed by atoms with van der Waals surface area (Å²) in [5, 5.41) is 4.98. The van der Waals surface area contributed by atoms with E-state index < -0.39 is 8.07 Å². The molecule has 1 aliphatic rings. The second-order valence-corrected chi connectivity index (χ2v) is 16.8. The molecule has 0 atom stereocenters. The van der Waals surface area contributed by atoms with E-state index in [4.69, 9.17) is 19.3 Å². The molecule has 204 valence electrons. The topological polar surface area (TPSA) is 67.0 Å². The Bertz CT molecular complexity index is 1550. The zero-order valence-electron chi connectivity index (χ0n) is 23.5. The van der Waals surface area contributed by atoms with Crippen LogP contribution in [0.1, 0.15) is 17.7 Å². The molecule has 2 aromatic carbocycles. The number of ether oxygens (including phenoxy) is 3. The van der Waals surface area contributed by atoms with Crippen LogP contribution in [-0.2, 0) is 16.2 Å². The van der Waals surface area contributed by atoms with Gasteiger partial charge in [0.05, 0.1) is 25.9 Å². The first-order valence-electron chi connectivity index (χ1n) is 13.5. The van der Waals surface area contributed by atoms with E-state index >= 15 is 0 Å². The van der Waals surface area contributed by atoms with E-state index in [0.29, 0.717) is 32.1 Å². The maximum Gasteiger partial charge on any atom is 0.282 e. The Morgan fingerprint density at radius 1 is 1.00 bits per heavy atom. The Labute approximate surface area is 230 Å². The van der Waals surface area contributed by atoms with Gasteiger partial charge in [-0.25, -0.2) is 0 Å². The molecule has 0 unspecified atom stereocenters. The fourth-order valence-corrected chi connectivity index (χ4v) is 5.74. The van der Waals surface area contributed by atoms with Crippen molar-refractivity contribution in [1.82, 2.24) is 14.2 Å². The maximum absolute atomic E-state index is 14.2. The van der Waals surface area contributed by atoms with Crippen molar-refractivity contribution in [1.29, 1.82) is 0 Å². The Morgan fingerprint density at radius 3 is 2.38 bits per heavy atom. The van der Waals surface area contributed by atoms with Crippen LogP contribution in [0, 0.1) is 6.92 Å². The molecule has 3 heterocycles. The third-order valence-corrected chi connectivity index (χ3v) is 8.92. The van der Waals surface area contributed by atoms with Gasteiger partial charge >= 0.3 is 0 Å². The highest BCUT2D eigenvalue weighted by Gasteiger charge is 2.26. The fraction of sp³-hybridized carbons (Fsp3) is 0.355. The predicted molar refractivity (Wildman–Crippen MR) is 159 cm³/mol. The minimum Gasteiger partial charge on any atom is -0.497 e. The van der Waals surface area contributed by atoms with Crippen LogP contribution >= 0.6 is 0 Å². The molecule has 0 amide bonds. The molecule has 0 aliphatic carbocycles. The minimum absolute atomic E-state index is 0.151. The first-order valence-corrected chi connectivity index (χ1v) is 17.2. The maximum atomic E-state index is 14.2. The summed E-state index contributed by atoms with van der Waals surface area (Å²) in [6.07, 6.45) is 2.87. The molecule has 4 aromatic rings. The minimum atomic E-state index is -1.26. The predicted octanol–water partition coefficient (Wildman–Crippen LogP) is 6.26. The van der Waals surface area contributed by atoms with E-state index in [1.54, 1.807) is 11.6 Å². The number of nitrogens with zero attached hydrogens (tertiary/aromatic N) is 3. The molecular weight excluding hydrogens is 506 g/mol. The van der Waals surface area contributed by atoms with E-state index in [-0.39, 0.29) is 5.56 Å². The quantitative estimate of drug-likeness (QED) is 0.184. The number of hydrogen-bond acceptors (Lipinski definition) is 5. The van der Waals surface area contributed by atoms with Crippen LogP contribution in [-0.4, -0.2) is 49.2 Å². The fourth-order valence-electron chi connectivity index (χ4n) is 4.98. The lowest BCUT2D eigenvalue weighted by Crippen LogP contribution is -2.26. The highest BCUT2D eigenvalue weighted by Crippen LogP contribution is 2.36. The zero-order chi connectivity index (χ0) is 27.6. The Hall–Kier alpha value is -3.46. The van der Waals surface area contributed by atoms with Gasteiger partial charge < -0.3 is 18.8 Å². The Morgan fingerprint density at radius 2 is 1.74 bits per heavy atom. The Kier molecular flexibility index (Phi) is 7.88. The molecule has 0 fully saturated rings. The van der Waals surface area contributed by atoms with Crippen molar-refractivity contribution >= 4 is 19.3 Å². The average Bonchev–Trinajstić information content (AvgIpc) is 3.34. The summed E-state index contributed by atoms with van der Waals surface area (Å²) in [5.41, 5.74) is 6.76. The second kappa shape index (κ2) is 11.3. The van der Waals surface area contributed by atoms with Crippen LogP contribution in [0.5, 0.6) is 5.75 Å². The standard InChI is InChI=1S/C31H37N3O4Si/c1-22-27(23-11-13-26(36-2)14-12-23)31(35)34-30(33(22)21-38-19-20-39(3,4)5)28(24-15-17-37-18-16-24)29(32-34)25-9-7-6-8-10-25/h6-15H,16-21H2,1-5H3. The van der Waals surface area contributed by atoms with Gasteiger partial charge in [0.1, 0.15) is 23.8 Å². The van der Waals surface area contributed by atoms with Gasteiger partial charge in [-0.2, -0.15) is 9.61 Å². The van der Waals surface area contributed by atoms with Gasteiger partial charge in [0, 0.05) is 31.5 Å². The molecule has 8 heteroatoms. The van der Waals surface area contributed by atoms with Crippen molar-refractivity contribution in [2.45, 2.75) is 45.8 Å². The van der Waals surface area contributed by atoms with Gasteiger partial charge in [0.25, 0.3) is 5.56 Å². The third kappa shape index (κ3) is 5.64. The van der Waals surface area contributed by atoms with Crippen molar-refractivity contribution in [2.75, 3.05) is 26.9 Å². The number of hydrogen-bond donors (Lipinski definition) is 0. The first kappa shape index (κ1) is 27.1. The SMILES string of the molecule is COc1ccc(-c2c(C)n(COCC[Si](C)(C)C)c3c(C4=CCOCC4)c(-c4ccccc4)nn3c2=O)cc1. The summed E-state index contributed by atoms with van der Waals surface area (Å²) in [5.74, 6) is 0.742. The third-order valence-electron chi connectivity index (χ3n) is 7.22. The van der Waals surface area contributed by atoms with Gasteiger partial charge in [-0.15, -0.1) is 0 Å². The lowest BCUT2D eigenvalue weighted by atomic mass is 9.97. The van der Waals surface area contributed by atoms with Crippen molar-refractivity contribution in [2.24, 2.45) is 0 Å². The lowest BCUT2D eigenvalue weighted by Gasteiger charge is -2.21. The zero-order valence-corrected chi connectivity index (χ0v) is 24.5. The molecule has 0 bridgehead atoms. The van der Waals surface area contributed by atoms with E-state index in [1.807, 2.05) is 61.5 Å².